The lowest BCUT2D eigenvalue weighted by Crippen LogP contribution is -2.27. The predicted molar refractivity (Wildman–Crippen MR) is 79.9 cm³/mol. The van der Waals surface area contributed by atoms with Crippen LogP contribution in [0.1, 0.15) is 18.5 Å². The number of methoxy groups -OCH3 is 2. The summed E-state index contributed by atoms with van der Waals surface area (Å²) in [7, 11) is 3.29. The number of ether oxygens (including phenoxy) is 2. The maximum absolute atomic E-state index is 5.34. The van der Waals surface area contributed by atoms with E-state index in [9.17, 15) is 0 Å². The molecule has 1 aromatic carbocycles. The van der Waals surface area contributed by atoms with Crippen LogP contribution < -0.4 is 9.47 Å². The summed E-state index contributed by atoms with van der Waals surface area (Å²) in [4.78, 5) is 2.28. The zero-order chi connectivity index (χ0) is 14.3. The molecule has 0 aliphatic carbocycles. The topological polar surface area (TPSA) is 21.7 Å². The van der Waals surface area contributed by atoms with Crippen LogP contribution in [-0.2, 0) is 0 Å². The van der Waals surface area contributed by atoms with Crippen molar-refractivity contribution in [3.05, 3.63) is 49.1 Å². The Morgan fingerprint density at radius 2 is 1.68 bits per heavy atom. The predicted octanol–water partition coefficient (Wildman–Crippen LogP) is 3.44. The summed E-state index contributed by atoms with van der Waals surface area (Å²) < 4.78 is 10.6. The highest BCUT2D eigenvalue weighted by atomic mass is 16.5. The van der Waals surface area contributed by atoms with Crippen molar-refractivity contribution in [3.8, 4) is 11.5 Å². The van der Waals surface area contributed by atoms with E-state index in [0.717, 1.165) is 24.6 Å². The number of nitrogens with zero attached hydrogens (tertiary/aromatic N) is 1. The van der Waals surface area contributed by atoms with Crippen molar-refractivity contribution < 1.29 is 9.47 Å². The first kappa shape index (κ1) is 15.3. The number of hydrogen-bond donors (Lipinski definition) is 0. The van der Waals surface area contributed by atoms with Gasteiger partial charge >= 0.3 is 0 Å². The van der Waals surface area contributed by atoms with Crippen molar-refractivity contribution in [2.24, 2.45) is 0 Å². The Labute approximate surface area is 116 Å². The van der Waals surface area contributed by atoms with E-state index < -0.39 is 0 Å². The minimum absolute atomic E-state index is 0.260. The first-order chi connectivity index (χ1) is 9.17. The van der Waals surface area contributed by atoms with Gasteiger partial charge in [0.15, 0.2) is 11.5 Å². The lowest BCUT2D eigenvalue weighted by Gasteiger charge is -2.27. The average molecular weight is 261 g/mol. The Balaban J connectivity index is 2.99. The highest BCUT2D eigenvalue weighted by molar-refractivity contribution is 5.43. The quantitative estimate of drug-likeness (QED) is 0.669. The summed E-state index contributed by atoms with van der Waals surface area (Å²) >= 11 is 0. The average Bonchev–Trinajstić information content (AvgIpc) is 2.45. The van der Waals surface area contributed by atoms with Gasteiger partial charge < -0.3 is 9.47 Å². The Bertz CT molecular complexity index is 419. The van der Waals surface area contributed by atoms with Crippen LogP contribution in [0, 0.1) is 0 Å². The van der Waals surface area contributed by atoms with Crippen molar-refractivity contribution in [2.45, 2.75) is 13.0 Å². The smallest absolute Gasteiger partial charge is 0.161 e. The van der Waals surface area contributed by atoms with Gasteiger partial charge in [-0.25, -0.2) is 0 Å². The molecule has 0 aromatic heterocycles. The Morgan fingerprint density at radius 3 is 2.16 bits per heavy atom. The zero-order valence-electron chi connectivity index (χ0n) is 12.1. The van der Waals surface area contributed by atoms with Gasteiger partial charge in [-0.3, -0.25) is 4.90 Å². The molecule has 0 saturated heterocycles. The molecule has 0 radical (unpaired) electrons. The fourth-order valence-corrected chi connectivity index (χ4v) is 2.05. The molecular weight excluding hydrogens is 238 g/mol. The first-order valence-corrected chi connectivity index (χ1v) is 6.35. The van der Waals surface area contributed by atoms with Gasteiger partial charge in [0.2, 0.25) is 0 Å². The second kappa shape index (κ2) is 7.64. The molecule has 1 aromatic rings. The molecule has 0 unspecified atom stereocenters. The van der Waals surface area contributed by atoms with E-state index in [1.165, 1.54) is 5.56 Å². The standard InChI is InChI=1S/C16H23NO2/c1-6-10-17(11-7-2)13(3)14-8-9-15(18-4)16(12-14)19-5/h6-9,12-13H,1-2,10-11H2,3-5H3/t13-/m0/s1. The summed E-state index contributed by atoms with van der Waals surface area (Å²) in [5.41, 5.74) is 1.18. The molecule has 0 saturated carbocycles. The van der Waals surface area contributed by atoms with Crippen molar-refractivity contribution in [3.63, 3.8) is 0 Å². The third-order valence-corrected chi connectivity index (χ3v) is 3.16. The van der Waals surface area contributed by atoms with E-state index in [-0.39, 0.29) is 6.04 Å². The molecule has 0 aliphatic rings. The van der Waals surface area contributed by atoms with E-state index in [0.29, 0.717) is 0 Å². The van der Waals surface area contributed by atoms with Gasteiger partial charge in [-0.05, 0) is 24.6 Å². The van der Waals surface area contributed by atoms with Crippen LogP contribution >= 0.6 is 0 Å². The van der Waals surface area contributed by atoms with Crippen molar-refractivity contribution in [1.82, 2.24) is 4.90 Å². The largest absolute Gasteiger partial charge is 0.493 e. The molecule has 0 fully saturated rings. The Hall–Kier alpha value is -1.74. The number of hydrogen-bond acceptors (Lipinski definition) is 3. The number of benzene rings is 1. The Kier molecular flexibility index (Phi) is 6.16. The van der Waals surface area contributed by atoms with Crippen molar-refractivity contribution in [2.75, 3.05) is 27.3 Å². The highest BCUT2D eigenvalue weighted by Gasteiger charge is 2.15. The van der Waals surface area contributed by atoms with Crippen LogP contribution in [-0.4, -0.2) is 32.2 Å². The molecule has 0 aliphatic heterocycles. The van der Waals surface area contributed by atoms with E-state index in [2.05, 4.69) is 31.0 Å². The molecule has 104 valence electrons. The lowest BCUT2D eigenvalue weighted by molar-refractivity contribution is 0.259. The van der Waals surface area contributed by atoms with Crippen LogP contribution in [0.2, 0.25) is 0 Å². The van der Waals surface area contributed by atoms with Gasteiger partial charge in [-0.1, -0.05) is 18.2 Å². The second-order valence-corrected chi connectivity index (χ2v) is 4.32. The molecule has 0 amide bonds. The second-order valence-electron chi connectivity index (χ2n) is 4.32. The van der Waals surface area contributed by atoms with E-state index in [4.69, 9.17) is 9.47 Å². The first-order valence-electron chi connectivity index (χ1n) is 6.35. The molecular formula is C16H23NO2. The minimum Gasteiger partial charge on any atom is -0.493 e. The van der Waals surface area contributed by atoms with Crippen LogP contribution in [0.4, 0.5) is 0 Å². The van der Waals surface area contributed by atoms with Crippen molar-refractivity contribution >= 4 is 0 Å². The normalized spacial score (nSPS) is 12.0. The summed E-state index contributed by atoms with van der Waals surface area (Å²) in [6, 6.07) is 6.27. The van der Waals surface area contributed by atoms with E-state index >= 15 is 0 Å². The van der Waals surface area contributed by atoms with E-state index in [1.54, 1.807) is 14.2 Å². The summed E-state index contributed by atoms with van der Waals surface area (Å²) in [5, 5.41) is 0. The van der Waals surface area contributed by atoms with Gasteiger partial charge in [-0.2, -0.15) is 0 Å². The summed E-state index contributed by atoms with van der Waals surface area (Å²) in [6.07, 6.45) is 3.81. The molecule has 3 heteroatoms. The fourth-order valence-electron chi connectivity index (χ4n) is 2.05. The van der Waals surface area contributed by atoms with Gasteiger partial charge in [0.05, 0.1) is 14.2 Å². The molecule has 3 nitrogen and oxygen atoms in total. The monoisotopic (exact) mass is 261 g/mol. The fraction of sp³-hybridized carbons (Fsp3) is 0.375. The molecule has 0 heterocycles. The van der Waals surface area contributed by atoms with Gasteiger partial charge in [0.25, 0.3) is 0 Å². The maximum atomic E-state index is 5.34. The molecule has 1 rings (SSSR count). The molecule has 0 bridgehead atoms. The van der Waals surface area contributed by atoms with Gasteiger partial charge in [-0.15, -0.1) is 13.2 Å². The lowest BCUT2D eigenvalue weighted by atomic mass is 10.1. The van der Waals surface area contributed by atoms with Gasteiger partial charge in [0.1, 0.15) is 0 Å². The summed E-state index contributed by atoms with van der Waals surface area (Å²) in [5.74, 6) is 1.50. The van der Waals surface area contributed by atoms with Crippen LogP contribution in [0.3, 0.4) is 0 Å². The van der Waals surface area contributed by atoms with Crippen LogP contribution in [0.15, 0.2) is 43.5 Å². The van der Waals surface area contributed by atoms with Crippen molar-refractivity contribution in [1.29, 1.82) is 0 Å². The van der Waals surface area contributed by atoms with Crippen LogP contribution in [0.25, 0.3) is 0 Å². The zero-order valence-corrected chi connectivity index (χ0v) is 12.1. The third kappa shape index (κ3) is 3.86. The van der Waals surface area contributed by atoms with Gasteiger partial charge in [0, 0.05) is 19.1 Å². The van der Waals surface area contributed by atoms with E-state index in [1.807, 2.05) is 24.3 Å². The highest BCUT2D eigenvalue weighted by Crippen LogP contribution is 2.31. The Morgan fingerprint density at radius 1 is 1.11 bits per heavy atom. The third-order valence-electron chi connectivity index (χ3n) is 3.16. The molecule has 19 heavy (non-hydrogen) atoms. The molecule has 0 spiro atoms. The number of rotatable bonds is 8. The SMILES string of the molecule is C=CCN(CC=C)[C@@H](C)c1ccc(OC)c(OC)c1. The molecule has 1 atom stereocenters. The molecule has 0 N–H and O–H groups in total. The minimum atomic E-state index is 0.260. The summed E-state index contributed by atoms with van der Waals surface area (Å²) in [6.45, 7) is 11.4. The maximum Gasteiger partial charge on any atom is 0.161 e. The van der Waals surface area contributed by atoms with Crippen LogP contribution in [0.5, 0.6) is 11.5 Å².